The van der Waals surface area contributed by atoms with Crippen molar-refractivity contribution in [1.82, 2.24) is 4.57 Å². The van der Waals surface area contributed by atoms with Gasteiger partial charge in [0.1, 0.15) is 0 Å². The number of nitrogens with zero attached hydrogens (tertiary/aromatic N) is 2. The summed E-state index contributed by atoms with van der Waals surface area (Å²) in [5.74, 6) is -2.66. The zero-order valence-electron chi connectivity index (χ0n) is 14.3. The molecule has 0 radical (unpaired) electrons. The highest BCUT2D eigenvalue weighted by atomic mass is 16.6. The van der Waals surface area contributed by atoms with Crippen LogP contribution >= 0.6 is 0 Å². The lowest BCUT2D eigenvalue weighted by molar-refractivity contribution is -0.384. The van der Waals surface area contributed by atoms with Gasteiger partial charge in [-0.1, -0.05) is 6.92 Å². The van der Waals surface area contributed by atoms with Crippen LogP contribution in [0.4, 0.5) is 5.69 Å². The molecule has 1 atom stereocenters. The second-order valence-corrected chi connectivity index (χ2v) is 6.20. The Morgan fingerprint density at radius 3 is 2.38 bits per heavy atom. The third-order valence-corrected chi connectivity index (χ3v) is 4.76. The van der Waals surface area contributed by atoms with Crippen LogP contribution in [-0.4, -0.2) is 41.6 Å². The number of nitro benzene ring substituents is 1. The average molecular weight is 360 g/mol. The number of aromatic nitrogens is 1. The third kappa shape index (κ3) is 2.20. The van der Waals surface area contributed by atoms with Gasteiger partial charge in [0.25, 0.3) is 5.69 Å². The molecule has 0 saturated carbocycles. The van der Waals surface area contributed by atoms with E-state index in [2.05, 4.69) is 0 Å². The van der Waals surface area contributed by atoms with Gasteiger partial charge in [-0.15, -0.1) is 0 Å². The van der Waals surface area contributed by atoms with Crippen LogP contribution in [0, 0.1) is 16.0 Å². The van der Waals surface area contributed by atoms with Crippen molar-refractivity contribution in [2.45, 2.75) is 18.8 Å². The first-order valence-corrected chi connectivity index (χ1v) is 7.79. The molecule has 0 amide bonds. The Balaban J connectivity index is 2.40. The van der Waals surface area contributed by atoms with E-state index in [0.29, 0.717) is 10.9 Å². The molecule has 9 nitrogen and oxygen atoms in total. The fourth-order valence-corrected chi connectivity index (χ4v) is 3.55. The Kier molecular flexibility index (Phi) is 4.02. The Bertz CT molecular complexity index is 943. The van der Waals surface area contributed by atoms with Crippen LogP contribution in [0.1, 0.15) is 23.8 Å². The van der Waals surface area contributed by atoms with Crippen molar-refractivity contribution < 1.29 is 28.8 Å². The molecule has 0 fully saturated rings. The van der Waals surface area contributed by atoms with E-state index in [-0.39, 0.29) is 23.7 Å². The number of esters is 2. The van der Waals surface area contributed by atoms with E-state index in [4.69, 9.17) is 9.47 Å². The van der Waals surface area contributed by atoms with E-state index in [1.807, 2.05) is 0 Å². The number of methoxy groups -OCH3 is 2. The number of rotatable bonds is 3. The van der Waals surface area contributed by atoms with Gasteiger partial charge in [-0.3, -0.25) is 29.1 Å². The smallest absolute Gasteiger partial charge is 0.329 e. The Morgan fingerprint density at radius 1 is 1.23 bits per heavy atom. The molecule has 1 aliphatic heterocycles. The molecule has 2 aromatic rings. The van der Waals surface area contributed by atoms with E-state index >= 15 is 0 Å². The van der Waals surface area contributed by atoms with Gasteiger partial charge in [0.05, 0.1) is 30.4 Å². The first-order valence-electron chi connectivity index (χ1n) is 7.79. The van der Waals surface area contributed by atoms with E-state index in [0.717, 1.165) is 14.2 Å². The largest absolute Gasteiger partial charge is 0.468 e. The van der Waals surface area contributed by atoms with Crippen LogP contribution in [0.5, 0.6) is 0 Å². The number of ether oxygens (including phenoxy) is 2. The summed E-state index contributed by atoms with van der Waals surface area (Å²) < 4.78 is 10.9. The average Bonchev–Trinajstić information content (AvgIpc) is 3.02. The predicted molar refractivity (Wildman–Crippen MR) is 88.7 cm³/mol. The summed E-state index contributed by atoms with van der Waals surface area (Å²) in [7, 11) is 2.29. The molecule has 3 rings (SSSR count). The van der Waals surface area contributed by atoms with Crippen LogP contribution in [-0.2, 0) is 24.5 Å². The second-order valence-electron chi connectivity index (χ2n) is 6.20. The molecule has 1 unspecified atom stereocenters. The van der Waals surface area contributed by atoms with Crippen LogP contribution in [0.25, 0.3) is 10.9 Å². The van der Waals surface area contributed by atoms with Gasteiger partial charge >= 0.3 is 11.9 Å². The molecule has 1 aromatic heterocycles. The molecule has 0 N–H and O–H groups in total. The standard InChI is InChI=1S/C17H16N2O7/c1-9-8-17(15(21)25-2,16(22)26-3)13-7-10-6-11(19(23)24)4-5-12(10)18(13)14(9)20/h4-7,9H,8H2,1-3H3. The van der Waals surface area contributed by atoms with E-state index < -0.39 is 28.2 Å². The van der Waals surface area contributed by atoms with Crippen LogP contribution < -0.4 is 0 Å². The summed E-state index contributed by atoms with van der Waals surface area (Å²) in [5, 5.41) is 11.4. The van der Waals surface area contributed by atoms with Crippen LogP contribution in [0.15, 0.2) is 24.3 Å². The van der Waals surface area contributed by atoms with E-state index in [1.54, 1.807) is 6.92 Å². The first kappa shape index (κ1) is 17.6. The van der Waals surface area contributed by atoms with Crippen molar-refractivity contribution in [2.24, 2.45) is 5.92 Å². The van der Waals surface area contributed by atoms with Crippen LogP contribution in [0.3, 0.4) is 0 Å². The lowest BCUT2D eigenvalue weighted by Gasteiger charge is -2.35. The Hall–Kier alpha value is -3.23. The number of nitro groups is 1. The third-order valence-electron chi connectivity index (χ3n) is 4.76. The Labute approximate surface area is 147 Å². The summed E-state index contributed by atoms with van der Waals surface area (Å²) in [6.07, 6.45) is -0.108. The highest BCUT2D eigenvalue weighted by molar-refractivity contribution is 6.10. The monoisotopic (exact) mass is 360 g/mol. The highest BCUT2D eigenvalue weighted by Crippen LogP contribution is 2.42. The van der Waals surface area contributed by atoms with Crippen molar-refractivity contribution in [3.8, 4) is 0 Å². The zero-order valence-corrected chi connectivity index (χ0v) is 14.3. The van der Waals surface area contributed by atoms with Gasteiger partial charge in [-0.05, 0) is 18.6 Å². The number of fused-ring (bicyclic) bond motifs is 3. The second kappa shape index (κ2) is 5.94. The maximum atomic E-state index is 12.7. The fraction of sp³-hybridized carbons (Fsp3) is 0.353. The minimum absolute atomic E-state index is 0.0924. The number of non-ortho nitro benzene ring substituents is 1. The fourth-order valence-electron chi connectivity index (χ4n) is 3.55. The number of hydrogen-bond donors (Lipinski definition) is 0. The van der Waals surface area contributed by atoms with Crippen molar-refractivity contribution in [1.29, 1.82) is 0 Å². The molecule has 1 aliphatic rings. The number of benzene rings is 1. The molecule has 2 heterocycles. The van der Waals surface area contributed by atoms with Gasteiger partial charge in [-0.25, -0.2) is 0 Å². The van der Waals surface area contributed by atoms with E-state index in [9.17, 15) is 24.5 Å². The van der Waals surface area contributed by atoms with Crippen LogP contribution in [0.2, 0.25) is 0 Å². The quantitative estimate of drug-likeness (QED) is 0.354. The molecular weight excluding hydrogens is 344 g/mol. The van der Waals surface area contributed by atoms with Crippen molar-refractivity contribution in [2.75, 3.05) is 14.2 Å². The summed E-state index contributed by atoms with van der Waals surface area (Å²) >= 11 is 0. The molecule has 0 saturated heterocycles. The molecule has 136 valence electrons. The van der Waals surface area contributed by atoms with Gasteiger partial charge in [-0.2, -0.15) is 0 Å². The van der Waals surface area contributed by atoms with Crippen molar-refractivity contribution >= 4 is 34.4 Å². The molecule has 1 aromatic carbocycles. The summed E-state index contributed by atoms with van der Waals surface area (Å²) in [6, 6.07) is 5.41. The topological polar surface area (TPSA) is 118 Å². The summed E-state index contributed by atoms with van der Waals surface area (Å²) in [6.45, 7) is 1.60. The summed E-state index contributed by atoms with van der Waals surface area (Å²) in [5.41, 5.74) is -1.51. The molecular formula is C17H16N2O7. The van der Waals surface area contributed by atoms with E-state index in [1.165, 1.54) is 28.8 Å². The first-order chi connectivity index (χ1) is 12.3. The lowest BCUT2D eigenvalue weighted by Crippen LogP contribution is -2.52. The maximum Gasteiger partial charge on any atom is 0.329 e. The van der Waals surface area contributed by atoms with Gasteiger partial charge in [0, 0.05) is 23.4 Å². The lowest BCUT2D eigenvalue weighted by atomic mass is 9.74. The molecule has 26 heavy (non-hydrogen) atoms. The van der Waals surface area contributed by atoms with Crippen molar-refractivity contribution in [3.05, 3.63) is 40.1 Å². The summed E-state index contributed by atoms with van der Waals surface area (Å²) in [4.78, 5) is 48.4. The SMILES string of the molecule is COC(=O)C1(C(=O)OC)CC(C)C(=O)n2c1cc1cc([N+](=O)[O-])ccc12. The number of carbonyl (C=O) groups is 3. The van der Waals surface area contributed by atoms with Gasteiger partial charge < -0.3 is 9.47 Å². The normalized spacial score (nSPS) is 18.3. The zero-order chi connectivity index (χ0) is 19.2. The van der Waals surface area contributed by atoms with Gasteiger partial charge in [0.2, 0.25) is 11.3 Å². The minimum atomic E-state index is -1.81. The van der Waals surface area contributed by atoms with Gasteiger partial charge in [0.15, 0.2) is 0 Å². The molecule has 0 aliphatic carbocycles. The predicted octanol–water partition coefficient (Wildman–Crippen LogP) is 1.81. The molecule has 9 heteroatoms. The Morgan fingerprint density at radius 2 is 1.85 bits per heavy atom. The highest BCUT2D eigenvalue weighted by Gasteiger charge is 2.57. The maximum absolute atomic E-state index is 12.7. The minimum Gasteiger partial charge on any atom is -0.468 e. The molecule has 0 bridgehead atoms. The molecule has 0 spiro atoms. The number of carbonyl (C=O) groups excluding carboxylic acids is 3. The van der Waals surface area contributed by atoms with Crippen molar-refractivity contribution in [3.63, 3.8) is 0 Å². The number of hydrogen-bond acceptors (Lipinski definition) is 7.